The number of H-pyrrole nitrogens is 1. The van der Waals surface area contributed by atoms with Crippen molar-refractivity contribution in [1.82, 2.24) is 30.9 Å². The maximum atomic E-state index is 14.4. The number of carbonyl (C=O) groups is 2. The fourth-order valence-corrected chi connectivity index (χ4v) is 4.93. The van der Waals surface area contributed by atoms with E-state index < -0.39 is 23.2 Å². The molecule has 1 unspecified atom stereocenters. The third-order valence-corrected chi connectivity index (χ3v) is 6.88. The second kappa shape index (κ2) is 9.60. The molecule has 1 aliphatic heterocycles. The minimum absolute atomic E-state index is 0.138. The lowest BCUT2D eigenvalue weighted by Gasteiger charge is -2.30. The maximum Gasteiger partial charge on any atom is 0.271 e. The summed E-state index contributed by atoms with van der Waals surface area (Å²) in [5.74, 6) is -0.399. The quantitative estimate of drug-likeness (QED) is 0.332. The smallest absolute Gasteiger partial charge is 0.271 e. The number of ether oxygens (including phenoxy) is 1. The molecule has 10 nitrogen and oxygen atoms in total. The highest BCUT2D eigenvalue weighted by Crippen LogP contribution is 2.48. The Labute approximate surface area is 221 Å². The van der Waals surface area contributed by atoms with E-state index in [-0.39, 0.29) is 18.5 Å². The van der Waals surface area contributed by atoms with Crippen molar-refractivity contribution in [1.29, 1.82) is 0 Å². The van der Waals surface area contributed by atoms with E-state index in [4.69, 9.17) is 4.74 Å². The molecule has 0 fully saturated rings. The highest BCUT2D eigenvalue weighted by molar-refractivity contribution is 6.15. The first-order chi connectivity index (χ1) is 19.0. The van der Waals surface area contributed by atoms with Crippen LogP contribution in [0.4, 0.5) is 15.8 Å². The van der Waals surface area contributed by atoms with E-state index in [1.54, 1.807) is 30.5 Å². The molecule has 0 bridgehead atoms. The Bertz CT molecular complexity index is 1690. The van der Waals surface area contributed by atoms with Gasteiger partial charge in [0.1, 0.15) is 28.6 Å². The van der Waals surface area contributed by atoms with Crippen LogP contribution in [-0.2, 0) is 16.8 Å². The SMILES string of the molecule is COc1ccc2c(c1)N(c1ccc(F)cc1)C(=O)C2(CCc1nnn[nH]1)NC(=O)c1cc2ccccc2cn1. The van der Waals surface area contributed by atoms with Crippen LogP contribution in [0.1, 0.15) is 28.3 Å². The molecule has 2 amide bonds. The Balaban J connectivity index is 1.47. The van der Waals surface area contributed by atoms with Crippen LogP contribution in [0.25, 0.3) is 10.8 Å². The first-order valence-electron chi connectivity index (χ1n) is 12.2. The van der Waals surface area contributed by atoms with Gasteiger partial charge in [-0.1, -0.05) is 30.3 Å². The predicted molar refractivity (Wildman–Crippen MR) is 140 cm³/mol. The number of rotatable bonds is 7. The summed E-state index contributed by atoms with van der Waals surface area (Å²) in [7, 11) is 1.53. The molecule has 6 rings (SSSR count). The molecule has 5 aromatic rings. The number of amides is 2. The fourth-order valence-electron chi connectivity index (χ4n) is 4.93. The van der Waals surface area contributed by atoms with Crippen LogP contribution in [-0.4, -0.2) is 44.5 Å². The number of aryl methyl sites for hydroxylation is 1. The van der Waals surface area contributed by atoms with Crippen molar-refractivity contribution in [2.75, 3.05) is 12.0 Å². The number of aromatic amines is 1. The number of nitrogens with zero attached hydrogens (tertiary/aromatic N) is 5. The van der Waals surface area contributed by atoms with E-state index in [0.29, 0.717) is 28.5 Å². The summed E-state index contributed by atoms with van der Waals surface area (Å²) in [6, 6.07) is 20.0. The molecule has 39 heavy (non-hydrogen) atoms. The lowest BCUT2D eigenvalue weighted by Crippen LogP contribution is -2.52. The van der Waals surface area contributed by atoms with Crippen LogP contribution in [0.15, 0.2) is 79.0 Å². The van der Waals surface area contributed by atoms with Gasteiger partial charge in [0.2, 0.25) is 0 Å². The number of pyridine rings is 1. The van der Waals surface area contributed by atoms with Crippen molar-refractivity contribution in [2.45, 2.75) is 18.4 Å². The zero-order chi connectivity index (χ0) is 27.0. The largest absolute Gasteiger partial charge is 0.497 e. The highest BCUT2D eigenvalue weighted by Gasteiger charge is 2.52. The van der Waals surface area contributed by atoms with Crippen LogP contribution < -0.4 is 15.0 Å². The van der Waals surface area contributed by atoms with Gasteiger partial charge >= 0.3 is 0 Å². The van der Waals surface area contributed by atoms with Crippen LogP contribution in [0, 0.1) is 5.82 Å². The summed E-state index contributed by atoms with van der Waals surface area (Å²) in [5, 5.41) is 18.6. The molecule has 0 radical (unpaired) electrons. The summed E-state index contributed by atoms with van der Waals surface area (Å²) in [4.78, 5) is 33.9. The number of hydrogen-bond acceptors (Lipinski definition) is 7. The van der Waals surface area contributed by atoms with Crippen LogP contribution in [0.2, 0.25) is 0 Å². The lowest BCUT2D eigenvalue weighted by molar-refractivity contribution is -0.123. The van der Waals surface area contributed by atoms with E-state index in [1.165, 1.54) is 36.3 Å². The summed E-state index contributed by atoms with van der Waals surface area (Å²) in [6.07, 6.45) is 2.02. The van der Waals surface area contributed by atoms with Crippen LogP contribution in [0.5, 0.6) is 5.75 Å². The molecular formula is C28H22FN7O3. The molecular weight excluding hydrogens is 501 g/mol. The van der Waals surface area contributed by atoms with Gasteiger partial charge in [-0.15, -0.1) is 5.10 Å². The zero-order valence-electron chi connectivity index (χ0n) is 20.8. The Kier molecular flexibility index (Phi) is 5.95. The Morgan fingerprint density at radius 2 is 1.87 bits per heavy atom. The molecule has 0 spiro atoms. The summed E-state index contributed by atoms with van der Waals surface area (Å²) >= 11 is 0. The standard InChI is InChI=1S/C28H22FN7O3/c1-39-21-10-11-22-24(15-21)36(20-8-6-19(29)7-9-20)27(38)28(22,13-12-25-32-34-35-33-25)31-26(37)23-14-17-4-2-3-5-18(17)16-30-23/h2-11,14-16H,12-13H2,1H3,(H,31,37)(H,32,33,34,35). The number of benzene rings is 3. The number of fused-ring (bicyclic) bond motifs is 2. The van der Waals surface area contributed by atoms with Gasteiger partial charge in [-0.25, -0.2) is 9.49 Å². The van der Waals surface area contributed by atoms with E-state index in [9.17, 15) is 14.0 Å². The number of anilines is 2. The highest BCUT2D eigenvalue weighted by atomic mass is 19.1. The molecule has 3 heterocycles. The van der Waals surface area contributed by atoms with Gasteiger partial charge < -0.3 is 10.1 Å². The van der Waals surface area contributed by atoms with Crippen molar-refractivity contribution in [3.05, 3.63) is 102 Å². The van der Waals surface area contributed by atoms with Gasteiger partial charge in [-0.2, -0.15) is 0 Å². The van der Waals surface area contributed by atoms with Gasteiger partial charge in [0.05, 0.1) is 12.8 Å². The normalized spacial score (nSPS) is 16.4. The number of nitrogens with one attached hydrogen (secondary N) is 2. The van der Waals surface area contributed by atoms with E-state index >= 15 is 0 Å². The average molecular weight is 524 g/mol. The Morgan fingerprint density at radius 3 is 2.62 bits per heavy atom. The fraction of sp³-hybridized carbons (Fsp3) is 0.143. The minimum atomic E-state index is -1.51. The molecule has 0 saturated carbocycles. The number of carbonyl (C=O) groups excluding carboxylic acids is 2. The Hall–Kier alpha value is -5.19. The van der Waals surface area contributed by atoms with E-state index in [0.717, 1.165) is 10.8 Å². The second-order valence-corrected chi connectivity index (χ2v) is 9.12. The van der Waals surface area contributed by atoms with Crippen LogP contribution >= 0.6 is 0 Å². The first-order valence-corrected chi connectivity index (χ1v) is 12.2. The molecule has 3 aromatic carbocycles. The number of aromatic nitrogens is 5. The average Bonchev–Trinajstić information content (AvgIpc) is 3.57. The summed E-state index contributed by atoms with van der Waals surface area (Å²) in [6.45, 7) is 0. The molecule has 11 heteroatoms. The van der Waals surface area contributed by atoms with E-state index in [2.05, 4.69) is 30.9 Å². The number of tetrazole rings is 1. The van der Waals surface area contributed by atoms with Gasteiger partial charge in [0.15, 0.2) is 0 Å². The topological polar surface area (TPSA) is 126 Å². The maximum absolute atomic E-state index is 14.4. The molecule has 2 N–H and O–H groups in total. The number of hydrogen-bond donors (Lipinski definition) is 2. The Morgan fingerprint density at radius 1 is 1.08 bits per heavy atom. The predicted octanol–water partition coefficient (Wildman–Crippen LogP) is 3.83. The number of methoxy groups -OCH3 is 1. The first kappa shape index (κ1) is 24.2. The van der Waals surface area contributed by atoms with Crippen molar-refractivity contribution in [2.24, 2.45) is 0 Å². The van der Waals surface area contributed by atoms with E-state index in [1.807, 2.05) is 24.3 Å². The molecule has 1 aliphatic rings. The summed E-state index contributed by atoms with van der Waals surface area (Å²) < 4.78 is 19.2. The van der Waals surface area contributed by atoms with Crippen LogP contribution in [0.3, 0.4) is 0 Å². The van der Waals surface area contributed by atoms with Gasteiger partial charge in [-0.05, 0) is 58.6 Å². The van der Waals surface area contributed by atoms with Crippen molar-refractivity contribution in [3.63, 3.8) is 0 Å². The van der Waals surface area contributed by atoms with Gasteiger partial charge in [-0.3, -0.25) is 19.5 Å². The van der Waals surface area contributed by atoms with Gasteiger partial charge in [0.25, 0.3) is 11.8 Å². The third kappa shape index (κ3) is 4.23. The van der Waals surface area contributed by atoms with Crippen molar-refractivity contribution in [3.8, 4) is 5.75 Å². The van der Waals surface area contributed by atoms with Crippen molar-refractivity contribution < 1.29 is 18.7 Å². The lowest BCUT2D eigenvalue weighted by atomic mass is 9.86. The second-order valence-electron chi connectivity index (χ2n) is 9.12. The molecule has 194 valence electrons. The van der Waals surface area contributed by atoms with Gasteiger partial charge in [0, 0.05) is 35.3 Å². The zero-order valence-corrected chi connectivity index (χ0v) is 20.8. The molecule has 1 atom stereocenters. The monoisotopic (exact) mass is 523 g/mol. The number of halogens is 1. The molecule has 0 saturated heterocycles. The molecule has 2 aromatic heterocycles. The third-order valence-electron chi connectivity index (χ3n) is 6.88. The minimum Gasteiger partial charge on any atom is -0.497 e. The van der Waals surface area contributed by atoms with Crippen molar-refractivity contribution >= 4 is 34.0 Å². The molecule has 0 aliphatic carbocycles. The summed E-state index contributed by atoms with van der Waals surface area (Å²) in [5.41, 5.74) is 0.162.